The molecule has 0 saturated carbocycles. The van der Waals surface area contributed by atoms with Crippen LogP contribution in [0, 0.1) is 0 Å². The molecule has 3 N–H and O–H groups in total. The Labute approximate surface area is 89.1 Å². The maximum atomic E-state index is 11.4. The Morgan fingerprint density at radius 2 is 2.33 bits per heavy atom. The standard InChI is InChI=1S/C8H16N2O4S/c1-14-4-7(9)8(11)10-6-2-3-15(12,13)5-6/h6-7H,2-5,9H2,1H3,(H,10,11). The van der Waals surface area contributed by atoms with E-state index in [4.69, 9.17) is 10.5 Å². The zero-order valence-electron chi connectivity index (χ0n) is 8.60. The van der Waals surface area contributed by atoms with Crippen LogP contribution < -0.4 is 11.1 Å². The van der Waals surface area contributed by atoms with Crippen LogP contribution in [0.4, 0.5) is 0 Å². The zero-order valence-corrected chi connectivity index (χ0v) is 9.42. The van der Waals surface area contributed by atoms with Gasteiger partial charge in [0.1, 0.15) is 6.04 Å². The van der Waals surface area contributed by atoms with Crippen LogP contribution in [-0.4, -0.2) is 51.6 Å². The molecule has 88 valence electrons. The molecule has 1 heterocycles. The molecule has 1 fully saturated rings. The predicted molar refractivity (Wildman–Crippen MR) is 55.1 cm³/mol. The summed E-state index contributed by atoms with van der Waals surface area (Å²) in [6.07, 6.45) is 0.466. The number of nitrogens with two attached hydrogens (primary N) is 1. The molecule has 2 unspecified atom stereocenters. The number of sulfone groups is 1. The normalized spacial score (nSPS) is 26.1. The lowest BCUT2D eigenvalue weighted by molar-refractivity contribution is -0.124. The molecule has 1 rings (SSSR count). The minimum absolute atomic E-state index is 0.0123. The van der Waals surface area contributed by atoms with Crippen LogP contribution in [-0.2, 0) is 19.4 Å². The van der Waals surface area contributed by atoms with Gasteiger partial charge in [0.2, 0.25) is 5.91 Å². The number of rotatable bonds is 4. The second kappa shape index (κ2) is 4.91. The van der Waals surface area contributed by atoms with Crippen LogP contribution in [0.5, 0.6) is 0 Å². The van der Waals surface area contributed by atoms with E-state index in [1.54, 1.807) is 0 Å². The maximum Gasteiger partial charge on any atom is 0.239 e. The van der Waals surface area contributed by atoms with Crippen molar-refractivity contribution in [2.75, 3.05) is 25.2 Å². The predicted octanol–water partition coefficient (Wildman–Crippen LogP) is -1.74. The van der Waals surface area contributed by atoms with Gasteiger partial charge in [0, 0.05) is 13.2 Å². The number of methoxy groups -OCH3 is 1. The molecule has 1 aliphatic heterocycles. The minimum atomic E-state index is -2.97. The van der Waals surface area contributed by atoms with Crippen molar-refractivity contribution < 1.29 is 17.9 Å². The average Bonchev–Trinajstić information content (AvgIpc) is 2.46. The highest BCUT2D eigenvalue weighted by molar-refractivity contribution is 7.91. The quantitative estimate of drug-likeness (QED) is 0.604. The summed E-state index contributed by atoms with van der Waals surface area (Å²) in [6, 6.07) is -1.04. The van der Waals surface area contributed by atoms with E-state index in [9.17, 15) is 13.2 Å². The summed E-state index contributed by atoms with van der Waals surface area (Å²) in [4.78, 5) is 11.4. The fraction of sp³-hybridized carbons (Fsp3) is 0.875. The third-order valence-electron chi connectivity index (χ3n) is 2.26. The molecular formula is C8H16N2O4S. The van der Waals surface area contributed by atoms with E-state index >= 15 is 0 Å². The first-order valence-corrected chi connectivity index (χ1v) is 6.52. The molecular weight excluding hydrogens is 220 g/mol. The molecule has 0 radical (unpaired) electrons. The van der Waals surface area contributed by atoms with Gasteiger partial charge in [-0.15, -0.1) is 0 Å². The molecule has 15 heavy (non-hydrogen) atoms. The van der Waals surface area contributed by atoms with Gasteiger partial charge in [-0.2, -0.15) is 0 Å². The number of ether oxygens (including phenoxy) is 1. The summed E-state index contributed by atoms with van der Waals surface area (Å²) in [7, 11) is -1.51. The van der Waals surface area contributed by atoms with Crippen LogP contribution in [0.3, 0.4) is 0 Å². The Morgan fingerprint density at radius 1 is 1.67 bits per heavy atom. The second-order valence-corrected chi connectivity index (χ2v) is 5.90. The van der Waals surface area contributed by atoms with Gasteiger partial charge in [-0.1, -0.05) is 0 Å². The molecule has 6 nitrogen and oxygen atoms in total. The van der Waals surface area contributed by atoms with Crippen LogP contribution in [0.2, 0.25) is 0 Å². The second-order valence-electron chi connectivity index (χ2n) is 3.67. The van der Waals surface area contributed by atoms with Crippen molar-refractivity contribution in [3.05, 3.63) is 0 Å². The molecule has 0 aromatic carbocycles. The van der Waals surface area contributed by atoms with E-state index in [0.717, 1.165) is 0 Å². The summed E-state index contributed by atoms with van der Waals surface area (Å²) < 4.78 is 26.9. The number of carbonyl (C=O) groups excluding carboxylic acids is 1. The van der Waals surface area contributed by atoms with Crippen LogP contribution in [0.15, 0.2) is 0 Å². The smallest absolute Gasteiger partial charge is 0.239 e. The summed E-state index contributed by atoms with van der Waals surface area (Å²) in [6.45, 7) is 0.130. The van der Waals surface area contributed by atoms with Crippen LogP contribution >= 0.6 is 0 Å². The fourth-order valence-electron chi connectivity index (χ4n) is 1.47. The van der Waals surface area contributed by atoms with Gasteiger partial charge >= 0.3 is 0 Å². The Hall–Kier alpha value is -0.660. The first-order valence-electron chi connectivity index (χ1n) is 4.70. The van der Waals surface area contributed by atoms with E-state index in [0.29, 0.717) is 6.42 Å². The molecule has 0 bridgehead atoms. The van der Waals surface area contributed by atoms with Crippen LogP contribution in [0.25, 0.3) is 0 Å². The fourth-order valence-corrected chi connectivity index (χ4v) is 3.15. The van der Waals surface area contributed by atoms with Crippen molar-refractivity contribution in [3.8, 4) is 0 Å². The van der Waals surface area contributed by atoms with Crippen molar-refractivity contribution >= 4 is 15.7 Å². The number of hydrogen-bond donors (Lipinski definition) is 2. The highest BCUT2D eigenvalue weighted by Gasteiger charge is 2.29. The first kappa shape index (κ1) is 12.4. The summed E-state index contributed by atoms with van der Waals surface area (Å²) in [5, 5.41) is 2.60. The topological polar surface area (TPSA) is 98.5 Å². The lowest BCUT2D eigenvalue weighted by atomic mass is 10.2. The van der Waals surface area contributed by atoms with Gasteiger partial charge in [-0.05, 0) is 6.42 Å². The van der Waals surface area contributed by atoms with E-state index < -0.39 is 15.9 Å². The molecule has 1 aliphatic rings. The molecule has 0 aromatic rings. The molecule has 7 heteroatoms. The number of nitrogens with one attached hydrogen (secondary N) is 1. The maximum absolute atomic E-state index is 11.4. The number of amides is 1. The van der Waals surface area contributed by atoms with Crippen molar-refractivity contribution in [1.29, 1.82) is 0 Å². The Bertz CT molecular complexity index is 328. The minimum Gasteiger partial charge on any atom is -0.383 e. The third kappa shape index (κ3) is 3.77. The van der Waals surface area contributed by atoms with Crippen molar-refractivity contribution in [2.24, 2.45) is 5.73 Å². The van der Waals surface area contributed by atoms with Crippen molar-refractivity contribution in [3.63, 3.8) is 0 Å². The zero-order chi connectivity index (χ0) is 11.5. The van der Waals surface area contributed by atoms with Crippen molar-refractivity contribution in [2.45, 2.75) is 18.5 Å². The average molecular weight is 236 g/mol. The summed E-state index contributed by atoms with van der Waals surface area (Å²) in [5.74, 6) is -0.213. The molecule has 0 aromatic heterocycles. The highest BCUT2D eigenvalue weighted by Crippen LogP contribution is 2.11. The Kier molecular flexibility index (Phi) is 4.06. The van der Waals surface area contributed by atoms with E-state index in [1.807, 2.05) is 0 Å². The summed E-state index contributed by atoms with van der Waals surface area (Å²) in [5.41, 5.74) is 5.49. The van der Waals surface area contributed by atoms with E-state index in [-0.39, 0.29) is 30.1 Å². The van der Waals surface area contributed by atoms with Gasteiger partial charge in [0.15, 0.2) is 9.84 Å². The van der Waals surface area contributed by atoms with Gasteiger partial charge in [-0.3, -0.25) is 4.79 Å². The van der Waals surface area contributed by atoms with Gasteiger partial charge in [0.05, 0.1) is 18.1 Å². The Morgan fingerprint density at radius 3 is 2.80 bits per heavy atom. The largest absolute Gasteiger partial charge is 0.383 e. The summed E-state index contributed by atoms with van der Waals surface area (Å²) >= 11 is 0. The van der Waals surface area contributed by atoms with E-state index in [2.05, 4.69) is 5.32 Å². The van der Waals surface area contributed by atoms with Crippen molar-refractivity contribution in [1.82, 2.24) is 5.32 Å². The van der Waals surface area contributed by atoms with Crippen LogP contribution in [0.1, 0.15) is 6.42 Å². The Balaban J connectivity index is 2.40. The third-order valence-corrected chi connectivity index (χ3v) is 4.03. The van der Waals surface area contributed by atoms with Gasteiger partial charge in [0.25, 0.3) is 0 Å². The lowest BCUT2D eigenvalue weighted by Crippen LogP contribution is -2.47. The number of hydrogen-bond acceptors (Lipinski definition) is 5. The molecule has 0 spiro atoms. The van der Waals surface area contributed by atoms with E-state index in [1.165, 1.54) is 7.11 Å². The monoisotopic (exact) mass is 236 g/mol. The molecule has 2 atom stereocenters. The molecule has 1 saturated heterocycles. The molecule has 1 amide bonds. The highest BCUT2D eigenvalue weighted by atomic mass is 32.2. The molecule has 0 aliphatic carbocycles. The van der Waals surface area contributed by atoms with Gasteiger partial charge < -0.3 is 15.8 Å². The van der Waals surface area contributed by atoms with Gasteiger partial charge in [-0.25, -0.2) is 8.42 Å². The number of carbonyl (C=O) groups is 1. The SMILES string of the molecule is COCC(N)C(=O)NC1CCS(=O)(=O)C1. The first-order chi connectivity index (χ1) is 6.94. The lowest BCUT2D eigenvalue weighted by Gasteiger charge is -2.14.